The maximum Gasteiger partial charge on any atom is 0.228 e. The standard InChI is InChI=1S/C17H24FN5O.HI/c1-4-19-17(21-11-13-6-5-7-14(18)10-13)20-9-8-15-22-16(12(2)3)23-24-15;/h5-7,10,12H,4,8-9,11H2,1-3H3,(H2,19,20,21);1H. The molecule has 0 fully saturated rings. The van der Waals surface area contributed by atoms with Gasteiger partial charge in [-0.05, 0) is 24.6 Å². The van der Waals surface area contributed by atoms with Crippen LogP contribution in [0, 0.1) is 5.82 Å². The molecule has 0 amide bonds. The molecular weight excluding hydrogens is 436 g/mol. The summed E-state index contributed by atoms with van der Waals surface area (Å²) in [6.45, 7) is 7.81. The molecular formula is C17H25FIN5O. The van der Waals surface area contributed by atoms with Crippen molar-refractivity contribution in [2.24, 2.45) is 4.99 Å². The molecule has 1 heterocycles. The Hall–Kier alpha value is -1.71. The first-order valence-electron chi connectivity index (χ1n) is 8.17. The molecule has 1 aromatic heterocycles. The Labute approximate surface area is 164 Å². The van der Waals surface area contributed by atoms with Gasteiger partial charge in [0.2, 0.25) is 5.89 Å². The van der Waals surface area contributed by atoms with Gasteiger partial charge in [0.1, 0.15) is 5.82 Å². The number of rotatable bonds is 7. The number of halogens is 2. The fourth-order valence-corrected chi connectivity index (χ4v) is 2.04. The third kappa shape index (κ3) is 7.37. The number of nitrogens with one attached hydrogen (secondary N) is 2. The van der Waals surface area contributed by atoms with Gasteiger partial charge in [-0.25, -0.2) is 9.38 Å². The van der Waals surface area contributed by atoms with Gasteiger partial charge in [0.15, 0.2) is 11.8 Å². The summed E-state index contributed by atoms with van der Waals surface area (Å²) in [5.74, 6) is 1.99. The molecule has 0 unspecified atom stereocenters. The minimum atomic E-state index is -0.252. The maximum absolute atomic E-state index is 13.2. The Morgan fingerprint density at radius 1 is 1.32 bits per heavy atom. The molecule has 25 heavy (non-hydrogen) atoms. The van der Waals surface area contributed by atoms with Crippen LogP contribution in [-0.2, 0) is 13.0 Å². The van der Waals surface area contributed by atoms with Crippen molar-refractivity contribution < 1.29 is 8.91 Å². The molecule has 0 radical (unpaired) electrons. The van der Waals surface area contributed by atoms with Gasteiger partial charge in [-0.15, -0.1) is 24.0 Å². The van der Waals surface area contributed by atoms with Crippen molar-refractivity contribution >= 4 is 29.9 Å². The predicted molar refractivity (Wildman–Crippen MR) is 107 cm³/mol. The van der Waals surface area contributed by atoms with Crippen molar-refractivity contribution in [2.45, 2.75) is 39.7 Å². The van der Waals surface area contributed by atoms with E-state index in [1.807, 2.05) is 26.8 Å². The first-order chi connectivity index (χ1) is 11.6. The number of hydrogen-bond donors (Lipinski definition) is 2. The number of aliphatic imine (C=N–C) groups is 1. The molecule has 0 aliphatic heterocycles. The first-order valence-corrected chi connectivity index (χ1v) is 8.17. The van der Waals surface area contributed by atoms with Crippen molar-refractivity contribution in [1.29, 1.82) is 0 Å². The molecule has 1 aromatic carbocycles. The van der Waals surface area contributed by atoms with E-state index >= 15 is 0 Å². The molecule has 0 bridgehead atoms. The van der Waals surface area contributed by atoms with Crippen molar-refractivity contribution in [3.8, 4) is 0 Å². The molecule has 2 rings (SSSR count). The lowest BCUT2D eigenvalue weighted by atomic mass is 10.2. The molecule has 2 aromatic rings. The van der Waals surface area contributed by atoms with Gasteiger partial charge < -0.3 is 15.2 Å². The van der Waals surface area contributed by atoms with E-state index in [-0.39, 0.29) is 35.7 Å². The summed E-state index contributed by atoms with van der Waals surface area (Å²) >= 11 is 0. The van der Waals surface area contributed by atoms with E-state index in [9.17, 15) is 4.39 Å². The highest BCUT2D eigenvalue weighted by Crippen LogP contribution is 2.09. The number of aromatic nitrogens is 2. The van der Waals surface area contributed by atoms with E-state index in [4.69, 9.17) is 4.52 Å². The summed E-state index contributed by atoms with van der Waals surface area (Å²) in [6, 6.07) is 6.44. The van der Waals surface area contributed by atoms with Gasteiger partial charge in [0.05, 0.1) is 6.54 Å². The van der Waals surface area contributed by atoms with Crippen LogP contribution in [0.1, 0.15) is 44.0 Å². The molecule has 6 nitrogen and oxygen atoms in total. The summed E-state index contributed by atoms with van der Waals surface area (Å²) < 4.78 is 18.4. The summed E-state index contributed by atoms with van der Waals surface area (Å²) in [7, 11) is 0. The predicted octanol–water partition coefficient (Wildman–Crippen LogP) is 3.25. The third-order valence-electron chi connectivity index (χ3n) is 3.28. The second kappa shape index (κ2) is 11.0. The molecule has 0 atom stereocenters. The molecule has 2 N–H and O–H groups in total. The largest absolute Gasteiger partial charge is 0.357 e. The number of nitrogens with zero attached hydrogens (tertiary/aromatic N) is 3. The highest BCUT2D eigenvalue weighted by atomic mass is 127. The fraction of sp³-hybridized carbons (Fsp3) is 0.471. The monoisotopic (exact) mass is 461 g/mol. The molecule has 0 aliphatic carbocycles. The number of hydrogen-bond acceptors (Lipinski definition) is 4. The van der Waals surface area contributed by atoms with Crippen LogP contribution in [-0.4, -0.2) is 29.2 Å². The van der Waals surface area contributed by atoms with Gasteiger partial charge in [-0.2, -0.15) is 4.98 Å². The van der Waals surface area contributed by atoms with Crippen molar-refractivity contribution in [2.75, 3.05) is 13.1 Å². The average Bonchev–Trinajstić information content (AvgIpc) is 3.02. The zero-order valence-electron chi connectivity index (χ0n) is 14.8. The second-order valence-corrected chi connectivity index (χ2v) is 5.70. The Morgan fingerprint density at radius 3 is 2.76 bits per heavy atom. The van der Waals surface area contributed by atoms with Gasteiger partial charge in [0, 0.05) is 25.4 Å². The van der Waals surface area contributed by atoms with E-state index in [0.29, 0.717) is 31.4 Å². The van der Waals surface area contributed by atoms with Crippen LogP contribution < -0.4 is 10.6 Å². The van der Waals surface area contributed by atoms with Crippen molar-refractivity contribution in [3.05, 3.63) is 47.4 Å². The van der Waals surface area contributed by atoms with E-state index in [0.717, 1.165) is 17.9 Å². The van der Waals surface area contributed by atoms with Crippen LogP contribution in [0.2, 0.25) is 0 Å². The smallest absolute Gasteiger partial charge is 0.228 e. The molecule has 0 saturated carbocycles. The second-order valence-electron chi connectivity index (χ2n) is 5.70. The zero-order chi connectivity index (χ0) is 17.4. The zero-order valence-corrected chi connectivity index (χ0v) is 17.1. The summed E-state index contributed by atoms with van der Waals surface area (Å²) in [6.07, 6.45) is 0.615. The minimum Gasteiger partial charge on any atom is -0.357 e. The summed E-state index contributed by atoms with van der Waals surface area (Å²) in [5.41, 5.74) is 0.825. The van der Waals surface area contributed by atoms with Crippen LogP contribution in [0.15, 0.2) is 33.8 Å². The molecule has 0 saturated heterocycles. The van der Waals surface area contributed by atoms with E-state index in [2.05, 4.69) is 25.8 Å². The van der Waals surface area contributed by atoms with Crippen LogP contribution in [0.4, 0.5) is 4.39 Å². The topological polar surface area (TPSA) is 75.3 Å². The highest BCUT2D eigenvalue weighted by Gasteiger charge is 2.09. The first kappa shape index (κ1) is 21.3. The third-order valence-corrected chi connectivity index (χ3v) is 3.28. The Morgan fingerprint density at radius 2 is 2.12 bits per heavy atom. The number of benzene rings is 1. The molecule has 0 spiro atoms. The quantitative estimate of drug-likeness (QED) is 0.376. The van der Waals surface area contributed by atoms with Gasteiger partial charge >= 0.3 is 0 Å². The van der Waals surface area contributed by atoms with Crippen LogP contribution in [0.3, 0.4) is 0 Å². The van der Waals surface area contributed by atoms with Crippen LogP contribution in [0.25, 0.3) is 0 Å². The fourth-order valence-electron chi connectivity index (χ4n) is 2.04. The Kier molecular flexibility index (Phi) is 9.40. The maximum atomic E-state index is 13.2. The van der Waals surface area contributed by atoms with E-state index < -0.39 is 0 Å². The minimum absolute atomic E-state index is 0. The van der Waals surface area contributed by atoms with Gasteiger partial charge in [-0.3, -0.25) is 0 Å². The number of guanidine groups is 1. The van der Waals surface area contributed by atoms with Crippen LogP contribution in [0.5, 0.6) is 0 Å². The lowest BCUT2D eigenvalue weighted by Gasteiger charge is -2.10. The van der Waals surface area contributed by atoms with E-state index in [1.165, 1.54) is 12.1 Å². The SMILES string of the molecule is CCNC(=NCc1cccc(F)c1)NCCc1nc(C(C)C)no1.I. The Balaban J connectivity index is 0.00000312. The van der Waals surface area contributed by atoms with Crippen LogP contribution >= 0.6 is 24.0 Å². The highest BCUT2D eigenvalue weighted by molar-refractivity contribution is 14.0. The van der Waals surface area contributed by atoms with Gasteiger partial charge in [-0.1, -0.05) is 31.1 Å². The summed E-state index contributed by atoms with van der Waals surface area (Å²) in [4.78, 5) is 8.79. The summed E-state index contributed by atoms with van der Waals surface area (Å²) in [5, 5.41) is 10.3. The van der Waals surface area contributed by atoms with Gasteiger partial charge in [0.25, 0.3) is 0 Å². The lowest BCUT2D eigenvalue weighted by Crippen LogP contribution is -2.38. The normalized spacial score (nSPS) is 11.3. The van der Waals surface area contributed by atoms with Crippen molar-refractivity contribution in [3.63, 3.8) is 0 Å². The van der Waals surface area contributed by atoms with Crippen molar-refractivity contribution in [1.82, 2.24) is 20.8 Å². The molecule has 0 aliphatic rings. The average molecular weight is 461 g/mol. The lowest BCUT2D eigenvalue weighted by molar-refractivity contribution is 0.371. The van der Waals surface area contributed by atoms with E-state index in [1.54, 1.807) is 6.07 Å². The molecule has 138 valence electrons. The molecule has 8 heteroatoms. The Bertz CT molecular complexity index is 675.